The van der Waals surface area contributed by atoms with E-state index in [9.17, 15) is 0 Å². The number of hydrogen-bond donors (Lipinski definition) is 1. The summed E-state index contributed by atoms with van der Waals surface area (Å²) >= 11 is 7.82. The summed E-state index contributed by atoms with van der Waals surface area (Å²) in [4.78, 5) is 12.1. The van der Waals surface area contributed by atoms with E-state index >= 15 is 0 Å². The van der Waals surface area contributed by atoms with Gasteiger partial charge in [-0.05, 0) is 30.4 Å². The maximum absolute atomic E-state index is 6.12. The molecule has 106 valence electrons. The highest BCUT2D eigenvalue weighted by atomic mass is 35.5. The van der Waals surface area contributed by atoms with Crippen LogP contribution in [0.5, 0.6) is 0 Å². The third-order valence-corrected chi connectivity index (χ3v) is 4.89. The minimum atomic E-state index is 0.464. The van der Waals surface area contributed by atoms with Crippen LogP contribution in [-0.2, 0) is 6.54 Å². The predicted octanol–water partition coefficient (Wildman–Crippen LogP) is 2.95. The molecular formula is C14H17ClN4S. The van der Waals surface area contributed by atoms with Gasteiger partial charge < -0.3 is 10.2 Å². The van der Waals surface area contributed by atoms with Gasteiger partial charge in [0.05, 0.1) is 5.02 Å². The molecule has 0 unspecified atom stereocenters. The summed E-state index contributed by atoms with van der Waals surface area (Å²) in [6, 6.07) is 4.27. The Balaban J connectivity index is 1.57. The zero-order valence-electron chi connectivity index (χ0n) is 11.1. The third kappa shape index (κ3) is 3.29. The Morgan fingerprint density at radius 1 is 1.40 bits per heavy atom. The average Bonchev–Trinajstić information content (AvgIpc) is 2.92. The maximum atomic E-state index is 6.12. The molecule has 0 spiro atoms. The second kappa shape index (κ2) is 6.52. The molecule has 0 aliphatic carbocycles. The minimum Gasteiger partial charge on any atom is -0.339 e. The van der Waals surface area contributed by atoms with Gasteiger partial charge in [0.2, 0.25) is 5.95 Å². The first-order valence-electron chi connectivity index (χ1n) is 6.80. The van der Waals surface area contributed by atoms with Crippen LogP contribution in [0.2, 0.25) is 5.02 Å². The molecule has 1 aliphatic heterocycles. The Bertz CT molecular complexity index is 545. The number of halogens is 1. The van der Waals surface area contributed by atoms with Gasteiger partial charge in [0, 0.05) is 42.9 Å². The summed E-state index contributed by atoms with van der Waals surface area (Å²) < 4.78 is 0. The van der Waals surface area contributed by atoms with Crippen LogP contribution in [-0.4, -0.2) is 29.1 Å². The molecule has 2 aromatic heterocycles. The lowest BCUT2D eigenvalue weighted by atomic mass is 10.1. The average molecular weight is 309 g/mol. The van der Waals surface area contributed by atoms with Gasteiger partial charge in [0.15, 0.2) is 0 Å². The smallest absolute Gasteiger partial charge is 0.225 e. The standard InChI is InChI=1S/C14H17ClN4S/c15-12-4-8-20-13(12)9-18-11-3-1-7-19(10-11)14-16-5-2-6-17-14/h2,4-6,8,11,18H,1,3,7,9-10H2/t11-/m1/s1. The highest BCUT2D eigenvalue weighted by Crippen LogP contribution is 2.22. The van der Waals surface area contributed by atoms with E-state index in [2.05, 4.69) is 20.2 Å². The Morgan fingerprint density at radius 3 is 3.00 bits per heavy atom. The van der Waals surface area contributed by atoms with Crippen LogP contribution >= 0.6 is 22.9 Å². The minimum absolute atomic E-state index is 0.464. The quantitative estimate of drug-likeness (QED) is 0.943. The molecule has 0 bridgehead atoms. The molecular weight excluding hydrogens is 292 g/mol. The van der Waals surface area contributed by atoms with Crippen molar-refractivity contribution in [1.82, 2.24) is 15.3 Å². The zero-order chi connectivity index (χ0) is 13.8. The molecule has 3 rings (SSSR count). The van der Waals surface area contributed by atoms with E-state index in [0.717, 1.165) is 37.0 Å². The molecule has 1 saturated heterocycles. The molecule has 4 nitrogen and oxygen atoms in total. The SMILES string of the molecule is Clc1ccsc1CN[C@@H]1CCCN(c2ncccn2)C1. The second-order valence-electron chi connectivity index (χ2n) is 4.91. The first kappa shape index (κ1) is 13.8. The first-order valence-corrected chi connectivity index (χ1v) is 8.06. The first-order chi connectivity index (χ1) is 9.83. The van der Waals surface area contributed by atoms with Crippen LogP contribution in [0.25, 0.3) is 0 Å². The topological polar surface area (TPSA) is 41.0 Å². The summed E-state index contributed by atoms with van der Waals surface area (Å²) in [6.07, 6.45) is 5.94. The van der Waals surface area contributed by atoms with Crippen LogP contribution in [0.15, 0.2) is 29.9 Å². The Labute approximate surface area is 127 Å². The van der Waals surface area contributed by atoms with E-state index in [4.69, 9.17) is 11.6 Å². The molecule has 1 N–H and O–H groups in total. The summed E-state index contributed by atoms with van der Waals surface area (Å²) in [5.41, 5.74) is 0. The largest absolute Gasteiger partial charge is 0.339 e. The van der Waals surface area contributed by atoms with Gasteiger partial charge in [0.1, 0.15) is 0 Å². The molecule has 0 aromatic carbocycles. The van der Waals surface area contributed by atoms with Crippen LogP contribution in [0.4, 0.5) is 5.95 Å². The van der Waals surface area contributed by atoms with Crippen LogP contribution in [0.1, 0.15) is 17.7 Å². The van der Waals surface area contributed by atoms with Gasteiger partial charge in [-0.1, -0.05) is 11.6 Å². The molecule has 1 fully saturated rings. The van der Waals surface area contributed by atoms with Crippen molar-refractivity contribution >= 4 is 28.9 Å². The van der Waals surface area contributed by atoms with Crippen LogP contribution in [0.3, 0.4) is 0 Å². The monoisotopic (exact) mass is 308 g/mol. The number of hydrogen-bond acceptors (Lipinski definition) is 5. The number of thiophene rings is 1. The third-order valence-electron chi connectivity index (χ3n) is 3.50. The highest BCUT2D eigenvalue weighted by molar-refractivity contribution is 7.10. The second-order valence-corrected chi connectivity index (χ2v) is 6.31. The summed E-state index contributed by atoms with van der Waals surface area (Å²) in [7, 11) is 0. The number of rotatable bonds is 4. The van der Waals surface area contributed by atoms with E-state index in [1.807, 2.05) is 17.5 Å². The molecule has 20 heavy (non-hydrogen) atoms. The van der Waals surface area contributed by atoms with Crippen molar-refractivity contribution < 1.29 is 0 Å². The Morgan fingerprint density at radius 2 is 2.25 bits per heavy atom. The lowest BCUT2D eigenvalue weighted by molar-refractivity contribution is 0.419. The number of nitrogens with zero attached hydrogens (tertiary/aromatic N) is 3. The predicted molar refractivity (Wildman–Crippen MR) is 83.4 cm³/mol. The molecule has 0 saturated carbocycles. The summed E-state index contributed by atoms with van der Waals surface area (Å²) in [6.45, 7) is 2.82. The number of nitrogens with one attached hydrogen (secondary N) is 1. The van der Waals surface area contributed by atoms with Crippen molar-refractivity contribution in [1.29, 1.82) is 0 Å². The van der Waals surface area contributed by atoms with Crippen molar-refractivity contribution in [3.05, 3.63) is 39.8 Å². The number of aromatic nitrogens is 2. The molecule has 1 atom stereocenters. The van der Waals surface area contributed by atoms with Crippen molar-refractivity contribution in [2.45, 2.75) is 25.4 Å². The number of piperidine rings is 1. The molecule has 3 heterocycles. The number of anilines is 1. The fourth-order valence-electron chi connectivity index (χ4n) is 2.47. The highest BCUT2D eigenvalue weighted by Gasteiger charge is 2.21. The summed E-state index contributed by atoms with van der Waals surface area (Å²) in [5, 5.41) is 6.49. The molecule has 1 aliphatic rings. The van der Waals surface area contributed by atoms with Crippen LogP contribution in [0, 0.1) is 0 Å². The lowest BCUT2D eigenvalue weighted by Crippen LogP contribution is -2.46. The van der Waals surface area contributed by atoms with Gasteiger partial charge in [-0.3, -0.25) is 0 Å². The van der Waals surface area contributed by atoms with Crippen molar-refractivity contribution in [3.8, 4) is 0 Å². The van der Waals surface area contributed by atoms with E-state index in [1.165, 1.54) is 11.3 Å². The molecule has 0 radical (unpaired) electrons. The fraction of sp³-hybridized carbons (Fsp3) is 0.429. The molecule has 6 heteroatoms. The van der Waals surface area contributed by atoms with Gasteiger partial charge in [-0.2, -0.15) is 0 Å². The zero-order valence-corrected chi connectivity index (χ0v) is 12.7. The van der Waals surface area contributed by atoms with Gasteiger partial charge >= 0.3 is 0 Å². The van der Waals surface area contributed by atoms with E-state index < -0.39 is 0 Å². The fourth-order valence-corrected chi connectivity index (χ4v) is 3.52. The van der Waals surface area contributed by atoms with E-state index in [-0.39, 0.29) is 0 Å². The van der Waals surface area contributed by atoms with E-state index in [1.54, 1.807) is 23.7 Å². The summed E-state index contributed by atoms with van der Waals surface area (Å²) in [5.74, 6) is 0.827. The maximum Gasteiger partial charge on any atom is 0.225 e. The van der Waals surface area contributed by atoms with Crippen molar-refractivity contribution in [2.24, 2.45) is 0 Å². The normalized spacial score (nSPS) is 19.2. The van der Waals surface area contributed by atoms with Crippen molar-refractivity contribution in [3.63, 3.8) is 0 Å². The molecule has 2 aromatic rings. The van der Waals surface area contributed by atoms with Gasteiger partial charge in [-0.15, -0.1) is 11.3 Å². The van der Waals surface area contributed by atoms with Crippen LogP contribution < -0.4 is 10.2 Å². The van der Waals surface area contributed by atoms with Gasteiger partial charge in [-0.25, -0.2) is 9.97 Å². The van der Waals surface area contributed by atoms with Gasteiger partial charge in [0.25, 0.3) is 0 Å². The Hall–Kier alpha value is -1.17. The molecule has 0 amide bonds. The van der Waals surface area contributed by atoms with E-state index in [0.29, 0.717) is 6.04 Å². The van der Waals surface area contributed by atoms with Crippen molar-refractivity contribution in [2.75, 3.05) is 18.0 Å². The Kier molecular flexibility index (Phi) is 4.50. The lowest BCUT2D eigenvalue weighted by Gasteiger charge is -2.33.